The average Bonchev–Trinajstić information content (AvgIpc) is 2.45. The van der Waals surface area contributed by atoms with Gasteiger partial charge in [-0.05, 0) is 43.2 Å². The summed E-state index contributed by atoms with van der Waals surface area (Å²) in [5.41, 5.74) is 0.0780. The summed E-state index contributed by atoms with van der Waals surface area (Å²) in [5.74, 6) is 0.889. The van der Waals surface area contributed by atoms with E-state index in [2.05, 4.69) is 18.6 Å². The van der Waals surface area contributed by atoms with Gasteiger partial charge in [-0.25, -0.2) is 13.1 Å². The van der Waals surface area contributed by atoms with Crippen molar-refractivity contribution in [1.82, 2.24) is 4.72 Å². The average molecular weight is 332 g/mol. The second kappa shape index (κ2) is 7.63. The first-order valence-corrected chi connectivity index (χ1v) is 9.90. The fourth-order valence-electron chi connectivity index (χ4n) is 1.91. The molecule has 4 nitrogen and oxygen atoms in total. The molecule has 0 bridgehead atoms. The summed E-state index contributed by atoms with van der Waals surface area (Å²) in [6, 6.07) is 6.94. The molecular weight excluding hydrogens is 306 g/mol. The number of sulfonamides is 1. The standard InChI is InChI=1S/C15H25NO3S2/c1-5-12(2)13-6-8-14(9-7-13)21(18,19)16-10-15(3,17)11-20-4/h6-9,12,16-17H,5,10-11H2,1-4H3. The Bertz CT molecular complexity index is 539. The highest BCUT2D eigenvalue weighted by molar-refractivity contribution is 7.98. The number of nitrogens with one attached hydrogen (secondary N) is 1. The Balaban J connectivity index is 2.79. The smallest absolute Gasteiger partial charge is 0.240 e. The van der Waals surface area contributed by atoms with Gasteiger partial charge in [-0.15, -0.1) is 0 Å². The maximum absolute atomic E-state index is 12.2. The van der Waals surface area contributed by atoms with Gasteiger partial charge in [-0.2, -0.15) is 11.8 Å². The normalized spacial score (nSPS) is 16.4. The second-order valence-corrected chi connectivity index (χ2v) is 8.27. The summed E-state index contributed by atoms with van der Waals surface area (Å²) in [4.78, 5) is 0.231. The highest BCUT2D eigenvalue weighted by Gasteiger charge is 2.23. The first-order chi connectivity index (χ1) is 9.72. The molecule has 0 amide bonds. The Kier molecular flexibility index (Phi) is 6.71. The van der Waals surface area contributed by atoms with Crippen LogP contribution in [0.3, 0.4) is 0 Å². The Labute approximate surface area is 132 Å². The van der Waals surface area contributed by atoms with Crippen molar-refractivity contribution in [1.29, 1.82) is 0 Å². The SMILES string of the molecule is CCC(C)c1ccc(S(=O)(=O)NCC(C)(O)CSC)cc1. The van der Waals surface area contributed by atoms with Crippen LogP contribution in [0.1, 0.15) is 38.7 Å². The van der Waals surface area contributed by atoms with E-state index in [0.29, 0.717) is 11.7 Å². The van der Waals surface area contributed by atoms with Gasteiger partial charge in [0.05, 0.1) is 10.5 Å². The Morgan fingerprint density at radius 2 is 1.90 bits per heavy atom. The molecule has 0 radical (unpaired) electrons. The minimum Gasteiger partial charge on any atom is -0.388 e. The van der Waals surface area contributed by atoms with Crippen LogP contribution in [0.4, 0.5) is 0 Å². The minimum absolute atomic E-state index is 0.00326. The summed E-state index contributed by atoms with van der Waals surface area (Å²) in [6.07, 6.45) is 2.89. The molecule has 0 aliphatic heterocycles. The molecule has 0 saturated carbocycles. The molecule has 6 heteroatoms. The molecule has 1 rings (SSSR count). The molecule has 1 aromatic carbocycles. The van der Waals surface area contributed by atoms with Crippen LogP contribution >= 0.6 is 11.8 Å². The van der Waals surface area contributed by atoms with Crippen molar-refractivity contribution < 1.29 is 13.5 Å². The summed E-state index contributed by atoms with van der Waals surface area (Å²) >= 11 is 1.48. The van der Waals surface area contributed by atoms with E-state index in [0.717, 1.165) is 12.0 Å². The monoisotopic (exact) mass is 331 g/mol. The van der Waals surface area contributed by atoms with Crippen molar-refractivity contribution in [3.63, 3.8) is 0 Å². The van der Waals surface area contributed by atoms with E-state index in [9.17, 15) is 13.5 Å². The van der Waals surface area contributed by atoms with Crippen molar-refractivity contribution in [2.24, 2.45) is 0 Å². The van der Waals surface area contributed by atoms with Crippen molar-refractivity contribution in [3.8, 4) is 0 Å². The molecule has 2 N–H and O–H groups in total. The molecule has 0 heterocycles. The number of benzene rings is 1. The molecule has 0 aromatic heterocycles. The number of hydrogen-bond donors (Lipinski definition) is 2. The second-order valence-electron chi connectivity index (χ2n) is 5.63. The van der Waals surface area contributed by atoms with E-state index in [1.54, 1.807) is 19.1 Å². The molecule has 1 aromatic rings. The molecule has 2 atom stereocenters. The Morgan fingerprint density at radius 1 is 1.33 bits per heavy atom. The molecule has 0 spiro atoms. The van der Waals surface area contributed by atoms with E-state index >= 15 is 0 Å². The van der Waals surface area contributed by atoms with Crippen LogP contribution < -0.4 is 4.72 Å². The van der Waals surface area contributed by atoms with Crippen LogP contribution in [-0.2, 0) is 10.0 Å². The van der Waals surface area contributed by atoms with Crippen LogP contribution in [0, 0.1) is 0 Å². The van der Waals surface area contributed by atoms with Crippen molar-refractivity contribution in [2.45, 2.75) is 43.6 Å². The Morgan fingerprint density at radius 3 is 2.38 bits per heavy atom. The zero-order valence-corrected chi connectivity index (χ0v) is 14.7. The highest BCUT2D eigenvalue weighted by Crippen LogP contribution is 2.20. The molecule has 0 saturated heterocycles. The van der Waals surface area contributed by atoms with Gasteiger partial charge in [-0.3, -0.25) is 0 Å². The predicted molar refractivity (Wildman–Crippen MR) is 89.3 cm³/mol. The topological polar surface area (TPSA) is 66.4 Å². The van der Waals surface area contributed by atoms with Crippen LogP contribution in [0.2, 0.25) is 0 Å². The highest BCUT2D eigenvalue weighted by atomic mass is 32.2. The maximum atomic E-state index is 12.2. The number of hydrogen-bond acceptors (Lipinski definition) is 4. The fraction of sp³-hybridized carbons (Fsp3) is 0.600. The van der Waals surface area contributed by atoms with E-state index < -0.39 is 15.6 Å². The largest absolute Gasteiger partial charge is 0.388 e. The maximum Gasteiger partial charge on any atom is 0.240 e. The first kappa shape index (κ1) is 18.5. The van der Waals surface area contributed by atoms with Gasteiger partial charge >= 0.3 is 0 Å². The van der Waals surface area contributed by atoms with E-state index in [4.69, 9.17) is 0 Å². The van der Waals surface area contributed by atoms with E-state index in [-0.39, 0.29) is 11.4 Å². The number of aliphatic hydroxyl groups is 1. The van der Waals surface area contributed by atoms with Crippen LogP contribution in [-0.4, -0.2) is 37.7 Å². The van der Waals surface area contributed by atoms with E-state index in [1.165, 1.54) is 11.8 Å². The van der Waals surface area contributed by atoms with Gasteiger partial charge in [-0.1, -0.05) is 26.0 Å². The predicted octanol–water partition coefficient (Wildman–Crippen LogP) is 2.59. The fourth-order valence-corrected chi connectivity index (χ4v) is 3.79. The Hall–Kier alpha value is -0.560. The summed E-state index contributed by atoms with van der Waals surface area (Å²) in [7, 11) is -3.58. The minimum atomic E-state index is -3.58. The van der Waals surface area contributed by atoms with Gasteiger partial charge in [0.25, 0.3) is 0 Å². The summed E-state index contributed by atoms with van der Waals surface area (Å²) in [6.45, 7) is 5.84. The molecule has 2 unspecified atom stereocenters. The molecule has 120 valence electrons. The van der Waals surface area contributed by atoms with Crippen LogP contribution in [0.15, 0.2) is 29.2 Å². The third-order valence-corrected chi connectivity index (χ3v) is 5.80. The molecule has 0 fully saturated rings. The van der Waals surface area contributed by atoms with Crippen LogP contribution in [0.25, 0.3) is 0 Å². The lowest BCUT2D eigenvalue weighted by molar-refractivity contribution is 0.0908. The van der Waals surface area contributed by atoms with Crippen molar-refractivity contribution in [3.05, 3.63) is 29.8 Å². The van der Waals surface area contributed by atoms with Gasteiger partial charge < -0.3 is 5.11 Å². The lowest BCUT2D eigenvalue weighted by Crippen LogP contribution is -2.42. The molecule has 0 aliphatic rings. The van der Waals surface area contributed by atoms with Crippen molar-refractivity contribution >= 4 is 21.8 Å². The summed E-state index contributed by atoms with van der Waals surface area (Å²) < 4.78 is 26.9. The summed E-state index contributed by atoms with van der Waals surface area (Å²) in [5, 5.41) is 10.0. The zero-order chi connectivity index (χ0) is 16.1. The number of rotatable bonds is 8. The zero-order valence-electron chi connectivity index (χ0n) is 13.1. The third-order valence-electron chi connectivity index (χ3n) is 3.47. The third kappa shape index (κ3) is 5.62. The first-order valence-electron chi connectivity index (χ1n) is 7.03. The number of thioether (sulfide) groups is 1. The molecular formula is C15H25NO3S2. The quantitative estimate of drug-likeness (QED) is 0.768. The lowest BCUT2D eigenvalue weighted by Gasteiger charge is -2.22. The van der Waals surface area contributed by atoms with Crippen molar-refractivity contribution in [2.75, 3.05) is 18.6 Å². The van der Waals surface area contributed by atoms with Gasteiger partial charge in [0.1, 0.15) is 0 Å². The lowest BCUT2D eigenvalue weighted by atomic mass is 9.99. The van der Waals surface area contributed by atoms with E-state index in [1.807, 2.05) is 18.4 Å². The van der Waals surface area contributed by atoms with Gasteiger partial charge in [0.15, 0.2) is 0 Å². The van der Waals surface area contributed by atoms with Gasteiger partial charge in [0.2, 0.25) is 10.0 Å². The van der Waals surface area contributed by atoms with Gasteiger partial charge in [0, 0.05) is 12.3 Å². The molecule has 21 heavy (non-hydrogen) atoms. The van der Waals surface area contributed by atoms with Crippen LogP contribution in [0.5, 0.6) is 0 Å². The molecule has 0 aliphatic carbocycles.